The second-order valence-corrected chi connectivity index (χ2v) is 22.0. The van der Waals surface area contributed by atoms with Crippen LogP contribution in [-0.4, -0.2) is 177 Å². The van der Waals surface area contributed by atoms with Gasteiger partial charge in [-0.15, -0.1) is 0 Å². The first kappa shape index (κ1) is 63.5. The van der Waals surface area contributed by atoms with E-state index in [0.717, 1.165) is 5.56 Å². The molecule has 4 aliphatic rings. The number of carbonyl (C=O) groups excluding carboxylic acids is 10. The molecule has 8 amide bonds. The summed E-state index contributed by atoms with van der Waals surface area (Å²) < 4.78 is 17.8. The fraction of sp³-hybridized carbons (Fsp3) is 0.517. The van der Waals surface area contributed by atoms with E-state index < -0.39 is 162 Å². The number of hydrogen-bond donors (Lipinski definition) is 12. The Morgan fingerprint density at radius 2 is 1.56 bits per heavy atom. The van der Waals surface area contributed by atoms with E-state index in [2.05, 4.69) is 31.9 Å². The molecule has 10 atom stereocenters. The van der Waals surface area contributed by atoms with Crippen molar-refractivity contribution in [3.05, 3.63) is 87.5 Å². The average Bonchev–Trinajstić information content (AvgIpc) is 0.888. The number of nitrogens with one attached hydrogen (secondary N) is 6. The van der Waals surface area contributed by atoms with Crippen molar-refractivity contribution in [2.75, 3.05) is 33.4 Å². The molecule has 0 spiro atoms. The minimum Gasteiger partial charge on any atom is -0.507 e. The van der Waals surface area contributed by atoms with Crippen LogP contribution >= 0.6 is 0 Å². The van der Waals surface area contributed by atoms with Gasteiger partial charge in [-0.25, -0.2) is 4.79 Å². The van der Waals surface area contributed by atoms with Gasteiger partial charge in [0.15, 0.2) is 17.9 Å². The fourth-order valence-corrected chi connectivity index (χ4v) is 11.3. The molecule has 2 aliphatic carbocycles. The number of likely N-dealkylation sites (tertiary alicyclic amines) is 1. The lowest BCUT2D eigenvalue weighted by molar-refractivity contribution is -0.249. The summed E-state index contributed by atoms with van der Waals surface area (Å²) in [6, 6.07) is 6.66. The first-order valence-electron chi connectivity index (χ1n) is 27.9. The van der Waals surface area contributed by atoms with Crippen molar-refractivity contribution in [3.8, 4) is 17.2 Å². The summed E-state index contributed by atoms with van der Waals surface area (Å²) in [5.74, 6) is -8.69. The third-order valence-electron chi connectivity index (χ3n) is 15.6. The molecule has 0 bridgehead atoms. The van der Waals surface area contributed by atoms with Crippen LogP contribution in [0, 0.1) is 5.92 Å². The number of hydrogen-bond acceptors (Lipinski definition) is 18. The predicted octanol–water partition coefficient (Wildman–Crippen LogP) is -0.132. The molecule has 2 saturated heterocycles. The third kappa shape index (κ3) is 14.5. The lowest BCUT2D eigenvalue weighted by Crippen LogP contribution is -2.60. The highest BCUT2D eigenvalue weighted by Crippen LogP contribution is 2.52. The van der Waals surface area contributed by atoms with E-state index in [1.54, 1.807) is 32.0 Å². The number of fused-ring (bicyclic) bond motifs is 3. The zero-order chi connectivity index (χ0) is 61.3. The lowest BCUT2D eigenvalue weighted by atomic mass is 9.72. The van der Waals surface area contributed by atoms with Gasteiger partial charge in [0.05, 0.1) is 48.6 Å². The number of amides is 8. The summed E-state index contributed by atoms with van der Waals surface area (Å²) in [5.41, 5.74) is 1.42. The van der Waals surface area contributed by atoms with Gasteiger partial charge < -0.3 is 82.3 Å². The monoisotopic (exact) mass is 1170 g/mol. The number of methoxy groups -OCH3 is 1. The SMILES string of the molecule is COc1cccc2c1C(=O)c1c(O)c3c(c(O)c1C2=O)C[C@@](O)(C(=O)CO)C[C@@H]3O[C@H]1C[C@H](NC(=O)[C@H](CC(C)C)NC(=O)[C@H](CCc2ccccc2)NC(=O)CNC(=O)[C@H](CCCNC(N)=O)NC(=O)[C@@H]2CCCN2C(C)=O)[C@H](O)[C@H](C)O1. The summed E-state index contributed by atoms with van der Waals surface area (Å²) in [5, 5.41) is 72.9. The summed E-state index contributed by atoms with van der Waals surface area (Å²) >= 11 is 0. The number of primary amides is 1. The van der Waals surface area contributed by atoms with Gasteiger partial charge >= 0.3 is 6.03 Å². The van der Waals surface area contributed by atoms with Crippen LogP contribution in [0.15, 0.2) is 48.5 Å². The molecule has 2 fully saturated rings. The van der Waals surface area contributed by atoms with Crippen molar-refractivity contribution in [3.63, 3.8) is 0 Å². The number of nitrogens with two attached hydrogens (primary N) is 1. The van der Waals surface area contributed by atoms with Gasteiger partial charge in [0.2, 0.25) is 41.2 Å². The Hall–Kier alpha value is -8.04. The van der Waals surface area contributed by atoms with E-state index in [-0.39, 0.29) is 84.9 Å². The molecule has 2 aliphatic heterocycles. The summed E-state index contributed by atoms with van der Waals surface area (Å²) in [6.07, 6.45) is -5.79. The van der Waals surface area contributed by atoms with Crippen LogP contribution in [0.3, 0.4) is 0 Å². The van der Waals surface area contributed by atoms with E-state index in [1.807, 2.05) is 12.1 Å². The topological polar surface area (TPSA) is 401 Å². The highest BCUT2D eigenvalue weighted by atomic mass is 16.7. The molecule has 0 saturated carbocycles. The lowest BCUT2D eigenvalue weighted by Gasteiger charge is -2.43. The number of aliphatic hydroxyl groups excluding tert-OH is 2. The molecule has 26 heteroatoms. The minimum absolute atomic E-state index is 0.00754. The number of urea groups is 1. The van der Waals surface area contributed by atoms with Crippen molar-refractivity contribution in [1.29, 1.82) is 0 Å². The van der Waals surface area contributed by atoms with E-state index >= 15 is 0 Å². The highest BCUT2D eigenvalue weighted by molar-refractivity contribution is 6.31. The maximum absolute atomic E-state index is 14.4. The number of benzene rings is 3. The Morgan fingerprint density at radius 3 is 2.23 bits per heavy atom. The summed E-state index contributed by atoms with van der Waals surface area (Å²) in [6.45, 7) is 5.01. The molecule has 0 unspecified atom stereocenters. The number of aryl methyl sites for hydroxylation is 1. The Kier molecular flexibility index (Phi) is 20.9. The summed E-state index contributed by atoms with van der Waals surface area (Å²) in [4.78, 5) is 136. The largest absolute Gasteiger partial charge is 0.507 e. The third-order valence-corrected chi connectivity index (χ3v) is 15.6. The van der Waals surface area contributed by atoms with Crippen LogP contribution in [-0.2, 0) is 55.9 Å². The van der Waals surface area contributed by atoms with Gasteiger partial charge in [0.1, 0.15) is 59.7 Å². The standard InChI is InChI=1S/C58H74N8O18/c1-28(2)22-37(65-54(77)35(19-18-31-12-7-6-8-13-31)62-42(70)26-61-53(76)34(15-10-20-60-57(59)80)63-56(79)38-16-11-21-66(38)30(4)68)55(78)64-36-23-43(83-29(3)48(36)71)84-40-25-58(81,41(69)27-67)24-33-45(40)52(75)47-46(50(33)73)49(72)32-14-9-17-39(82-5)44(32)51(47)74/h6-9,12-14,17,28-29,34-38,40,43,48,67,71,73,75,81H,10-11,15-16,18-27H2,1-5H3,(H,61,76)(H,62,70)(H,63,79)(H,64,78)(H,65,77)(H3,59,60,80)/t29-,34-,35-,36-,37-,38-,40-,43-,48+,58-/m0/s1. The number of phenols is 2. The molecule has 2 heterocycles. The molecular weight excluding hydrogens is 1100 g/mol. The van der Waals surface area contributed by atoms with Crippen LogP contribution in [0.25, 0.3) is 0 Å². The van der Waals surface area contributed by atoms with Crippen LogP contribution < -0.4 is 42.4 Å². The van der Waals surface area contributed by atoms with Gasteiger partial charge in [-0.2, -0.15) is 0 Å². The number of phenolic OH excluding ortho intramolecular Hbond substituents is 2. The molecule has 26 nitrogen and oxygen atoms in total. The highest BCUT2D eigenvalue weighted by Gasteiger charge is 2.51. The van der Waals surface area contributed by atoms with Crippen LogP contribution in [0.4, 0.5) is 4.79 Å². The number of nitrogens with zero attached hydrogens (tertiary/aromatic N) is 1. The average molecular weight is 1170 g/mol. The van der Waals surface area contributed by atoms with E-state index in [9.17, 15) is 73.5 Å². The number of carbonyl (C=O) groups is 10. The molecular formula is C58H74N8O18. The molecule has 3 aromatic rings. The molecule has 3 aromatic carbocycles. The van der Waals surface area contributed by atoms with Gasteiger partial charge in [-0.3, -0.25) is 43.2 Å². The molecule has 0 radical (unpaired) electrons. The Labute approximate surface area is 483 Å². The van der Waals surface area contributed by atoms with E-state index in [0.29, 0.717) is 19.4 Å². The van der Waals surface area contributed by atoms with Crippen LogP contribution in [0.2, 0.25) is 0 Å². The van der Waals surface area contributed by atoms with Gasteiger partial charge in [0, 0.05) is 56.0 Å². The zero-order valence-electron chi connectivity index (χ0n) is 47.4. The predicted molar refractivity (Wildman–Crippen MR) is 296 cm³/mol. The fourth-order valence-electron chi connectivity index (χ4n) is 11.3. The molecule has 454 valence electrons. The zero-order valence-corrected chi connectivity index (χ0v) is 47.4. The normalized spacial score (nSPS) is 22.7. The van der Waals surface area contributed by atoms with Crippen molar-refractivity contribution >= 4 is 58.8 Å². The Morgan fingerprint density at radius 1 is 0.857 bits per heavy atom. The molecule has 13 N–H and O–H groups in total. The second-order valence-electron chi connectivity index (χ2n) is 22.0. The smallest absolute Gasteiger partial charge is 0.312 e. The maximum Gasteiger partial charge on any atom is 0.312 e. The van der Waals surface area contributed by atoms with Crippen molar-refractivity contribution in [1.82, 2.24) is 36.8 Å². The van der Waals surface area contributed by atoms with Gasteiger partial charge in [-0.05, 0) is 69.4 Å². The Bertz CT molecular complexity index is 3030. The van der Waals surface area contributed by atoms with Gasteiger partial charge in [0.25, 0.3) is 0 Å². The summed E-state index contributed by atoms with van der Waals surface area (Å²) in [7, 11) is 1.28. The molecule has 84 heavy (non-hydrogen) atoms. The minimum atomic E-state index is -2.46. The maximum atomic E-state index is 14.4. The number of aromatic hydroxyl groups is 2. The second kappa shape index (κ2) is 27.6. The van der Waals surface area contributed by atoms with Gasteiger partial charge in [-0.1, -0.05) is 56.3 Å². The number of ketones is 3. The number of Topliss-reactive ketones (excluding diaryl/α,β-unsaturated/α-hetero) is 1. The molecule has 7 rings (SSSR count). The van der Waals surface area contributed by atoms with Crippen molar-refractivity contribution < 1.29 is 87.7 Å². The van der Waals surface area contributed by atoms with Crippen LogP contribution in [0.1, 0.15) is 134 Å². The molecule has 0 aromatic heterocycles. The quantitative estimate of drug-likeness (QED) is 0.0321. The van der Waals surface area contributed by atoms with Crippen LogP contribution in [0.5, 0.6) is 17.2 Å². The van der Waals surface area contributed by atoms with Crippen molar-refractivity contribution in [2.24, 2.45) is 11.7 Å². The van der Waals surface area contributed by atoms with Crippen molar-refractivity contribution in [2.45, 2.75) is 152 Å². The first-order valence-corrected chi connectivity index (χ1v) is 27.9. The van der Waals surface area contributed by atoms with E-state index in [1.165, 1.54) is 44.1 Å². The van der Waals surface area contributed by atoms with E-state index in [4.69, 9.17) is 19.9 Å². The Balaban J connectivity index is 1.08. The number of aliphatic hydroxyl groups is 3. The number of ether oxygens (including phenoxy) is 3. The number of rotatable bonds is 24. The first-order chi connectivity index (χ1) is 39.9.